The highest BCUT2D eigenvalue weighted by atomic mass is 35.5. The quantitative estimate of drug-likeness (QED) is 0.449. The highest BCUT2D eigenvalue weighted by Crippen LogP contribution is 2.37. The maximum Gasteiger partial charge on any atom is 0.126 e. The minimum atomic E-state index is -0.583. The summed E-state index contributed by atoms with van der Waals surface area (Å²) >= 11 is 7.97. The summed E-state index contributed by atoms with van der Waals surface area (Å²) in [7, 11) is 3.21. The maximum absolute atomic E-state index is 14.0. The lowest BCUT2D eigenvalue weighted by Crippen LogP contribution is -2.09. The van der Waals surface area contributed by atoms with E-state index in [4.69, 9.17) is 31.8 Å². The SMILES string of the molecule is COC[C@@H](C#CC(N)c1nc(-c2cc(C)c(OC)cc2Cl)c(C)s1)c1ccc(C)c(F)c1. The summed E-state index contributed by atoms with van der Waals surface area (Å²) < 4.78 is 24.6. The molecule has 0 spiro atoms. The number of hydrogen-bond donors (Lipinski definition) is 1. The molecule has 3 aromatic rings. The van der Waals surface area contributed by atoms with Crippen molar-refractivity contribution < 1.29 is 13.9 Å². The van der Waals surface area contributed by atoms with E-state index < -0.39 is 6.04 Å². The monoisotopic (exact) mass is 472 g/mol. The number of benzene rings is 2. The molecule has 2 atom stereocenters. The third kappa shape index (κ3) is 5.31. The molecule has 168 valence electrons. The predicted molar refractivity (Wildman–Crippen MR) is 129 cm³/mol. The third-order valence-corrected chi connectivity index (χ3v) is 6.53. The largest absolute Gasteiger partial charge is 0.496 e. The number of thiazole rings is 1. The lowest BCUT2D eigenvalue weighted by atomic mass is 9.98. The number of halogens is 2. The zero-order valence-electron chi connectivity index (χ0n) is 18.8. The molecule has 3 rings (SSSR count). The van der Waals surface area contributed by atoms with Crippen LogP contribution >= 0.6 is 22.9 Å². The number of ether oxygens (including phenoxy) is 2. The Morgan fingerprint density at radius 3 is 2.53 bits per heavy atom. The topological polar surface area (TPSA) is 57.4 Å². The number of aryl methyl sites for hydroxylation is 3. The minimum Gasteiger partial charge on any atom is -0.496 e. The van der Waals surface area contributed by atoms with Gasteiger partial charge in [-0.25, -0.2) is 9.37 Å². The van der Waals surface area contributed by atoms with Gasteiger partial charge < -0.3 is 15.2 Å². The summed E-state index contributed by atoms with van der Waals surface area (Å²) in [6.07, 6.45) is 0. The molecule has 0 aliphatic carbocycles. The first-order chi connectivity index (χ1) is 15.2. The van der Waals surface area contributed by atoms with Gasteiger partial charge in [0, 0.05) is 17.6 Å². The Morgan fingerprint density at radius 1 is 1.12 bits per heavy atom. The molecule has 32 heavy (non-hydrogen) atoms. The number of hydrogen-bond acceptors (Lipinski definition) is 5. The van der Waals surface area contributed by atoms with Gasteiger partial charge in [0.15, 0.2) is 0 Å². The van der Waals surface area contributed by atoms with E-state index in [0.717, 1.165) is 33.0 Å². The summed E-state index contributed by atoms with van der Waals surface area (Å²) in [6, 6.07) is 8.28. The fourth-order valence-corrected chi connectivity index (χ4v) is 4.46. The minimum absolute atomic E-state index is 0.262. The number of nitrogens with two attached hydrogens (primary N) is 1. The molecule has 0 fully saturated rings. The Hall–Kier alpha value is -2.43. The Morgan fingerprint density at radius 2 is 1.88 bits per heavy atom. The molecule has 7 heteroatoms. The maximum atomic E-state index is 14.0. The van der Waals surface area contributed by atoms with Gasteiger partial charge in [0.25, 0.3) is 0 Å². The van der Waals surface area contributed by atoms with Crippen LogP contribution in [-0.4, -0.2) is 25.8 Å². The van der Waals surface area contributed by atoms with Crippen molar-refractivity contribution in [2.24, 2.45) is 5.73 Å². The highest BCUT2D eigenvalue weighted by molar-refractivity contribution is 7.12. The van der Waals surface area contributed by atoms with Crippen LogP contribution in [-0.2, 0) is 4.74 Å². The third-order valence-electron chi connectivity index (χ3n) is 5.16. The van der Waals surface area contributed by atoms with Crippen molar-refractivity contribution in [3.05, 3.63) is 67.7 Å². The molecule has 1 heterocycles. The van der Waals surface area contributed by atoms with Gasteiger partial charge in [0.1, 0.15) is 22.6 Å². The molecular weight excluding hydrogens is 447 g/mol. The average molecular weight is 473 g/mol. The van der Waals surface area contributed by atoms with Gasteiger partial charge in [0.2, 0.25) is 0 Å². The Balaban J connectivity index is 1.90. The summed E-state index contributed by atoms with van der Waals surface area (Å²) in [6.45, 7) is 6.01. The van der Waals surface area contributed by atoms with Gasteiger partial charge >= 0.3 is 0 Å². The van der Waals surface area contributed by atoms with Crippen LogP contribution in [0.4, 0.5) is 4.39 Å². The van der Waals surface area contributed by atoms with Crippen LogP contribution < -0.4 is 10.5 Å². The molecule has 1 unspecified atom stereocenters. The van der Waals surface area contributed by atoms with Crippen molar-refractivity contribution >= 4 is 22.9 Å². The second-order valence-corrected chi connectivity index (χ2v) is 9.18. The number of rotatable bonds is 6. The molecule has 2 aromatic carbocycles. The number of aromatic nitrogens is 1. The molecular formula is C25H26ClFN2O2S. The Bertz CT molecular complexity index is 1180. The lowest BCUT2D eigenvalue weighted by molar-refractivity contribution is 0.193. The van der Waals surface area contributed by atoms with Crippen LogP contribution in [0.1, 0.15) is 38.5 Å². The second kappa shape index (κ2) is 10.5. The predicted octanol–water partition coefficient (Wildman–Crippen LogP) is 5.97. The van der Waals surface area contributed by atoms with Crippen molar-refractivity contribution in [1.29, 1.82) is 0 Å². The molecule has 0 saturated carbocycles. The molecule has 0 bridgehead atoms. The molecule has 2 N–H and O–H groups in total. The van der Waals surface area contributed by atoms with E-state index in [2.05, 4.69) is 11.8 Å². The first kappa shape index (κ1) is 24.2. The van der Waals surface area contributed by atoms with Crippen LogP contribution in [0.2, 0.25) is 5.02 Å². The molecule has 0 amide bonds. The van der Waals surface area contributed by atoms with Crippen LogP contribution in [0.25, 0.3) is 11.3 Å². The number of methoxy groups -OCH3 is 2. The summed E-state index contributed by atoms with van der Waals surface area (Å²) in [5.41, 5.74) is 10.3. The smallest absolute Gasteiger partial charge is 0.126 e. The van der Waals surface area contributed by atoms with Crippen molar-refractivity contribution in [2.45, 2.75) is 32.7 Å². The molecule has 0 aliphatic rings. The molecule has 0 aliphatic heterocycles. The van der Waals surface area contributed by atoms with Gasteiger partial charge in [0.05, 0.1) is 30.4 Å². The number of nitrogens with zero attached hydrogens (tertiary/aromatic N) is 1. The van der Waals surface area contributed by atoms with Crippen molar-refractivity contribution in [1.82, 2.24) is 4.98 Å². The van der Waals surface area contributed by atoms with E-state index >= 15 is 0 Å². The van der Waals surface area contributed by atoms with E-state index in [0.29, 0.717) is 22.2 Å². The normalized spacial score (nSPS) is 12.8. The van der Waals surface area contributed by atoms with Crippen LogP contribution in [0.15, 0.2) is 30.3 Å². The van der Waals surface area contributed by atoms with E-state index in [1.165, 1.54) is 17.4 Å². The fraction of sp³-hybridized carbons (Fsp3) is 0.320. The zero-order chi connectivity index (χ0) is 23.4. The van der Waals surface area contributed by atoms with Gasteiger partial charge in [-0.15, -0.1) is 11.3 Å². The average Bonchev–Trinajstić information content (AvgIpc) is 3.15. The summed E-state index contributed by atoms with van der Waals surface area (Å²) in [5, 5.41) is 1.26. The van der Waals surface area contributed by atoms with E-state index in [-0.39, 0.29) is 11.7 Å². The van der Waals surface area contributed by atoms with Crippen LogP contribution in [0.5, 0.6) is 5.75 Å². The Labute approximate surface area is 197 Å². The zero-order valence-corrected chi connectivity index (χ0v) is 20.3. The molecule has 0 radical (unpaired) electrons. The van der Waals surface area contributed by atoms with Crippen molar-refractivity contribution in [3.8, 4) is 28.8 Å². The molecule has 1 aromatic heterocycles. The van der Waals surface area contributed by atoms with E-state index in [9.17, 15) is 4.39 Å². The first-order valence-corrected chi connectivity index (χ1v) is 11.3. The Kier molecular flexibility index (Phi) is 7.91. The van der Waals surface area contributed by atoms with Crippen LogP contribution in [0.3, 0.4) is 0 Å². The summed E-state index contributed by atoms with van der Waals surface area (Å²) in [4.78, 5) is 5.73. The van der Waals surface area contributed by atoms with Crippen LogP contribution in [0, 0.1) is 38.4 Å². The fourth-order valence-electron chi connectivity index (χ4n) is 3.33. The van der Waals surface area contributed by atoms with E-state index in [1.807, 2.05) is 26.0 Å². The van der Waals surface area contributed by atoms with Crippen molar-refractivity contribution in [2.75, 3.05) is 20.8 Å². The van der Waals surface area contributed by atoms with Gasteiger partial charge in [-0.2, -0.15) is 0 Å². The van der Waals surface area contributed by atoms with Gasteiger partial charge in [-0.05, 0) is 55.7 Å². The van der Waals surface area contributed by atoms with Gasteiger partial charge in [-0.1, -0.05) is 35.6 Å². The van der Waals surface area contributed by atoms with E-state index in [1.54, 1.807) is 33.3 Å². The first-order valence-electron chi connectivity index (χ1n) is 10.1. The standard InChI is InChI=1S/C25H26ClFN2O2S/c1-14-6-7-17(11-21(14)27)18(13-30-4)8-9-22(28)25-29-24(16(3)32-25)19-10-15(2)23(31-5)12-20(19)26/h6-7,10-12,18,22H,13,28H2,1-5H3/t18-,22?/m1/s1. The molecule has 4 nitrogen and oxygen atoms in total. The van der Waals surface area contributed by atoms with Crippen molar-refractivity contribution in [3.63, 3.8) is 0 Å². The lowest BCUT2D eigenvalue weighted by Gasteiger charge is -2.11. The van der Waals surface area contributed by atoms with Gasteiger partial charge in [-0.3, -0.25) is 0 Å². The second-order valence-electron chi connectivity index (χ2n) is 7.54. The molecule has 0 saturated heterocycles. The highest BCUT2D eigenvalue weighted by Gasteiger charge is 2.18. The summed E-state index contributed by atoms with van der Waals surface area (Å²) in [5.74, 6) is 6.39.